The maximum absolute atomic E-state index is 11.3. The summed E-state index contributed by atoms with van der Waals surface area (Å²) >= 11 is 0. The van der Waals surface area contributed by atoms with Gasteiger partial charge in [0.05, 0.1) is 0 Å². The first kappa shape index (κ1) is 15.1. The average molecular weight is 328 g/mol. The summed E-state index contributed by atoms with van der Waals surface area (Å²) in [5.74, 6) is 1.16. The van der Waals surface area contributed by atoms with Gasteiger partial charge in [0.1, 0.15) is 17.2 Å². The van der Waals surface area contributed by atoms with Gasteiger partial charge in [0.25, 0.3) is 0 Å². The highest BCUT2D eigenvalue weighted by Crippen LogP contribution is 2.25. The Kier molecular flexibility index (Phi) is 4.66. The first-order valence-electron chi connectivity index (χ1n) is 5.69. The first-order chi connectivity index (χ1) is 9.92. The summed E-state index contributed by atoms with van der Waals surface area (Å²) in [6.07, 6.45) is -1.21. The second-order valence-electron chi connectivity index (χ2n) is 3.82. The third kappa shape index (κ3) is 5.33. The van der Waals surface area contributed by atoms with Crippen molar-refractivity contribution in [3.05, 3.63) is 54.6 Å². The molecule has 0 unspecified atom stereocenters. The number of hydrogen-bond acceptors (Lipinski definition) is 5. The number of benzene rings is 2. The zero-order valence-corrected chi connectivity index (χ0v) is 12.1. The van der Waals surface area contributed by atoms with Crippen molar-refractivity contribution in [1.82, 2.24) is 4.72 Å². The van der Waals surface area contributed by atoms with Crippen LogP contribution < -0.4 is 14.2 Å². The highest BCUT2D eigenvalue weighted by Gasteiger charge is 2.12. The monoisotopic (exact) mass is 327 g/mol. The van der Waals surface area contributed by atoms with Crippen LogP contribution in [0.15, 0.2) is 54.6 Å². The Hall–Kier alpha value is -2.25. The number of halogens is 1. The van der Waals surface area contributed by atoms with Crippen LogP contribution in [0.2, 0.25) is 0 Å². The predicted molar refractivity (Wildman–Crippen MR) is 76.9 cm³/mol. The number of carbonyl (C=O) groups is 1. The molecular weight excluding hydrogens is 318 g/mol. The molecule has 1 N–H and O–H groups in total. The lowest BCUT2D eigenvalue weighted by Crippen LogP contribution is -2.29. The quantitative estimate of drug-likeness (QED) is 0.873. The molecule has 0 aromatic heterocycles. The van der Waals surface area contributed by atoms with Gasteiger partial charge in [-0.1, -0.05) is 24.3 Å². The van der Waals surface area contributed by atoms with Gasteiger partial charge in [-0.25, -0.2) is 9.52 Å². The van der Waals surface area contributed by atoms with Crippen LogP contribution in [0, 0.1) is 0 Å². The maximum atomic E-state index is 11.3. The van der Waals surface area contributed by atoms with Gasteiger partial charge in [-0.2, -0.15) is 8.42 Å². The SMILES string of the molecule is O=C(NS(=O)(=O)Cl)Oc1cccc(Oc2ccccc2)c1. The molecular formula is C13H10ClNO5S. The highest BCUT2D eigenvalue weighted by atomic mass is 35.7. The summed E-state index contributed by atoms with van der Waals surface area (Å²) in [5, 5.41) is 0. The summed E-state index contributed by atoms with van der Waals surface area (Å²) in [5.41, 5.74) is 0. The van der Waals surface area contributed by atoms with E-state index in [0.29, 0.717) is 11.5 Å². The fourth-order valence-electron chi connectivity index (χ4n) is 1.45. The van der Waals surface area contributed by atoms with Crippen molar-refractivity contribution >= 4 is 26.0 Å². The van der Waals surface area contributed by atoms with Gasteiger partial charge in [0.15, 0.2) is 0 Å². The molecule has 8 heteroatoms. The van der Waals surface area contributed by atoms with E-state index in [0.717, 1.165) is 0 Å². The molecule has 0 aliphatic carbocycles. The van der Waals surface area contributed by atoms with Crippen molar-refractivity contribution in [2.45, 2.75) is 0 Å². The lowest BCUT2D eigenvalue weighted by atomic mass is 10.3. The minimum Gasteiger partial charge on any atom is -0.457 e. The topological polar surface area (TPSA) is 81.7 Å². The number of carbonyl (C=O) groups excluding carboxylic acids is 1. The van der Waals surface area contributed by atoms with E-state index in [1.165, 1.54) is 16.9 Å². The summed E-state index contributed by atoms with van der Waals surface area (Å²) in [4.78, 5) is 11.3. The van der Waals surface area contributed by atoms with Crippen molar-refractivity contribution in [3.63, 3.8) is 0 Å². The molecule has 2 aromatic rings. The van der Waals surface area contributed by atoms with Crippen LogP contribution in [-0.4, -0.2) is 14.5 Å². The molecule has 0 radical (unpaired) electrons. The molecule has 0 aliphatic heterocycles. The smallest absolute Gasteiger partial charge is 0.427 e. The van der Waals surface area contributed by atoms with Gasteiger partial charge in [-0.05, 0) is 24.3 Å². The molecule has 0 bridgehead atoms. The fraction of sp³-hybridized carbons (Fsp3) is 0. The molecule has 0 heterocycles. The number of hydrogen-bond donors (Lipinski definition) is 1. The van der Waals surface area contributed by atoms with E-state index in [1.807, 2.05) is 18.2 Å². The second kappa shape index (κ2) is 6.47. The Labute approximate surface area is 125 Å². The van der Waals surface area contributed by atoms with E-state index >= 15 is 0 Å². The molecule has 0 atom stereocenters. The molecule has 0 fully saturated rings. The Balaban J connectivity index is 2.06. The van der Waals surface area contributed by atoms with E-state index < -0.39 is 15.3 Å². The van der Waals surface area contributed by atoms with Crippen LogP contribution >= 0.6 is 10.7 Å². The summed E-state index contributed by atoms with van der Waals surface area (Å²) in [6.45, 7) is 0. The van der Waals surface area contributed by atoms with E-state index in [-0.39, 0.29) is 5.75 Å². The van der Waals surface area contributed by atoms with Gasteiger partial charge >= 0.3 is 15.3 Å². The Morgan fingerprint density at radius 2 is 1.57 bits per heavy atom. The predicted octanol–water partition coefficient (Wildman–Crippen LogP) is 3.05. The maximum Gasteiger partial charge on any atom is 0.427 e. The van der Waals surface area contributed by atoms with Crippen molar-refractivity contribution in [2.75, 3.05) is 0 Å². The minimum atomic E-state index is -4.19. The second-order valence-corrected chi connectivity index (χ2v) is 6.12. The summed E-state index contributed by atoms with van der Waals surface area (Å²) in [6, 6.07) is 15.2. The summed E-state index contributed by atoms with van der Waals surface area (Å²) in [7, 11) is 0.683. The fourth-order valence-corrected chi connectivity index (χ4v) is 1.88. The standard InChI is InChI=1S/C13H10ClNO5S/c14-21(17,18)15-13(16)20-12-8-4-7-11(9-12)19-10-5-2-1-3-6-10/h1-9H,(H,15,16). The van der Waals surface area contributed by atoms with E-state index in [1.54, 1.807) is 24.3 Å². The van der Waals surface area contributed by atoms with Crippen LogP contribution in [0.5, 0.6) is 17.2 Å². The molecule has 110 valence electrons. The van der Waals surface area contributed by atoms with Crippen LogP contribution in [0.4, 0.5) is 4.79 Å². The van der Waals surface area contributed by atoms with E-state index in [9.17, 15) is 13.2 Å². The molecule has 0 spiro atoms. The van der Waals surface area contributed by atoms with Gasteiger partial charge in [0, 0.05) is 16.7 Å². The zero-order chi connectivity index (χ0) is 15.3. The molecule has 0 aliphatic rings. The van der Waals surface area contributed by atoms with Crippen LogP contribution in [0.1, 0.15) is 0 Å². The molecule has 21 heavy (non-hydrogen) atoms. The molecule has 1 amide bonds. The zero-order valence-electron chi connectivity index (χ0n) is 10.5. The van der Waals surface area contributed by atoms with Crippen molar-refractivity contribution in [1.29, 1.82) is 0 Å². The average Bonchev–Trinajstić information content (AvgIpc) is 2.38. The van der Waals surface area contributed by atoms with E-state index in [2.05, 4.69) is 0 Å². The molecule has 6 nitrogen and oxygen atoms in total. The van der Waals surface area contributed by atoms with Crippen LogP contribution in [0.3, 0.4) is 0 Å². The highest BCUT2D eigenvalue weighted by molar-refractivity contribution is 8.12. The van der Waals surface area contributed by atoms with Crippen LogP contribution in [-0.2, 0) is 9.24 Å². The number of amides is 1. The lowest BCUT2D eigenvalue weighted by molar-refractivity contribution is 0.207. The van der Waals surface area contributed by atoms with Crippen molar-refractivity contribution in [3.8, 4) is 17.2 Å². The number of para-hydroxylation sites is 1. The molecule has 0 saturated heterocycles. The first-order valence-corrected chi connectivity index (χ1v) is 8.00. The number of rotatable bonds is 4. The van der Waals surface area contributed by atoms with Gasteiger partial charge < -0.3 is 9.47 Å². The Morgan fingerprint density at radius 3 is 2.24 bits per heavy atom. The molecule has 2 aromatic carbocycles. The van der Waals surface area contributed by atoms with Crippen LogP contribution in [0.25, 0.3) is 0 Å². The van der Waals surface area contributed by atoms with Gasteiger partial charge in [0.2, 0.25) is 0 Å². The van der Waals surface area contributed by atoms with Gasteiger partial charge in [-0.15, -0.1) is 0 Å². The number of nitrogens with one attached hydrogen (secondary N) is 1. The van der Waals surface area contributed by atoms with E-state index in [4.69, 9.17) is 20.2 Å². The van der Waals surface area contributed by atoms with Gasteiger partial charge in [-0.3, -0.25) is 0 Å². The molecule has 2 rings (SSSR count). The molecule has 0 saturated carbocycles. The minimum absolute atomic E-state index is 0.112. The van der Waals surface area contributed by atoms with Crippen molar-refractivity contribution < 1.29 is 22.7 Å². The summed E-state index contributed by atoms with van der Waals surface area (Å²) < 4.78 is 33.1. The third-order valence-corrected chi connectivity index (χ3v) is 2.84. The Bertz CT molecular complexity index is 733. The lowest BCUT2D eigenvalue weighted by Gasteiger charge is -2.08. The third-order valence-electron chi connectivity index (χ3n) is 2.20. The Morgan fingerprint density at radius 1 is 0.952 bits per heavy atom. The van der Waals surface area contributed by atoms with Crippen molar-refractivity contribution in [2.24, 2.45) is 0 Å². The number of ether oxygens (including phenoxy) is 2. The normalized spacial score (nSPS) is 10.7. The largest absolute Gasteiger partial charge is 0.457 e.